The Bertz CT molecular complexity index is 308. The summed E-state index contributed by atoms with van der Waals surface area (Å²) in [6.07, 6.45) is 6.93. The molecule has 3 nitrogen and oxygen atoms in total. The lowest BCUT2D eigenvalue weighted by molar-refractivity contribution is 0.0254. The van der Waals surface area contributed by atoms with Crippen LogP contribution < -0.4 is 4.74 Å². The van der Waals surface area contributed by atoms with Gasteiger partial charge in [0.05, 0.1) is 19.4 Å². The minimum Gasteiger partial charge on any atom is -0.489 e. The molecule has 1 aliphatic heterocycles. The summed E-state index contributed by atoms with van der Waals surface area (Å²) < 4.78 is 11.1. The van der Waals surface area contributed by atoms with Crippen molar-refractivity contribution in [3.63, 3.8) is 0 Å². The van der Waals surface area contributed by atoms with Gasteiger partial charge in [0.25, 0.3) is 0 Å². The minimum absolute atomic E-state index is 0.299. The Balaban J connectivity index is 1.96. The van der Waals surface area contributed by atoms with Crippen molar-refractivity contribution in [2.24, 2.45) is 0 Å². The minimum atomic E-state index is 0.299. The Morgan fingerprint density at radius 3 is 2.93 bits per heavy atom. The quantitative estimate of drug-likeness (QED) is 0.761. The zero-order chi connectivity index (χ0) is 10.5. The fourth-order valence-corrected chi connectivity index (χ4v) is 1.71. The van der Waals surface area contributed by atoms with Gasteiger partial charge >= 0.3 is 0 Å². The lowest BCUT2D eigenvalue weighted by atomic mass is 10.1. The van der Waals surface area contributed by atoms with Crippen LogP contribution in [-0.4, -0.2) is 24.3 Å². The fraction of sp³-hybridized carbons (Fsp3) is 0.583. The highest BCUT2D eigenvalue weighted by atomic mass is 16.5. The summed E-state index contributed by atoms with van der Waals surface area (Å²) in [7, 11) is 0. The number of aryl methyl sites for hydroxylation is 1. The SMILES string of the molecule is CCc1cncc(OC2CCOCC2)c1. The van der Waals surface area contributed by atoms with E-state index in [1.165, 1.54) is 5.56 Å². The smallest absolute Gasteiger partial charge is 0.138 e. The number of hydrogen-bond donors (Lipinski definition) is 0. The van der Waals surface area contributed by atoms with E-state index in [0.29, 0.717) is 6.10 Å². The number of nitrogens with zero attached hydrogens (tertiary/aromatic N) is 1. The maximum absolute atomic E-state index is 5.86. The molecule has 1 aromatic heterocycles. The van der Waals surface area contributed by atoms with Crippen LogP contribution in [0.25, 0.3) is 0 Å². The highest BCUT2D eigenvalue weighted by Crippen LogP contribution is 2.18. The molecule has 1 fully saturated rings. The second-order valence-electron chi connectivity index (χ2n) is 3.81. The molecule has 0 N–H and O–H groups in total. The van der Waals surface area contributed by atoms with E-state index in [4.69, 9.17) is 9.47 Å². The summed E-state index contributed by atoms with van der Waals surface area (Å²) in [5.41, 5.74) is 1.22. The van der Waals surface area contributed by atoms with Crippen molar-refractivity contribution < 1.29 is 9.47 Å². The number of hydrogen-bond acceptors (Lipinski definition) is 3. The predicted octanol–water partition coefficient (Wildman–Crippen LogP) is 2.20. The molecule has 1 aliphatic rings. The average molecular weight is 207 g/mol. The van der Waals surface area contributed by atoms with Crippen molar-refractivity contribution in [3.8, 4) is 5.75 Å². The Morgan fingerprint density at radius 2 is 2.20 bits per heavy atom. The first kappa shape index (κ1) is 10.4. The van der Waals surface area contributed by atoms with Gasteiger partial charge in [-0.1, -0.05) is 6.92 Å². The van der Waals surface area contributed by atoms with Gasteiger partial charge in [0.1, 0.15) is 11.9 Å². The van der Waals surface area contributed by atoms with Crippen LogP contribution in [0.2, 0.25) is 0 Å². The molecule has 0 amide bonds. The molecule has 0 saturated carbocycles. The van der Waals surface area contributed by atoms with Crippen molar-refractivity contribution in [2.75, 3.05) is 13.2 Å². The zero-order valence-electron chi connectivity index (χ0n) is 9.11. The molecule has 0 aliphatic carbocycles. The molecule has 1 saturated heterocycles. The summed E-state index contributed by atoms with van der Waals surface area (Å²) in [6, 6.07) is 2.07. The molecule has 0 atom stereocenters. The van der Waals surface area contributed by atoms with Crippen LogP contribution in [0.3, 0.4) is 0 Å². The van der Waals surface area contributed by atoms with Crippen LogP contribution in [0, 0.1) is 0 Å². The van der Waals surface area contributed by atoms with Gasteiger partial charge < -0.3 is 9.47 Å². The lowest BCUT2D eigenvalue weighted by Crippen LogP contribution is -2.25. The Hall–Kier alpha value is -1.09. The first-order valence-electron chi connectivity index (χ1n) is 5.57. The van der Waals surface area contributed by atoms with E-state index in [0.717, 1.165) is 38.2 Å². The van der Waals surface area contributed by atoms with E-state index >= 15 is 0 Å². The Labute approximate surface area is 90.4 Å². The van der Waals surface area contributed by atoms with E-state index in [2.05, 4.69) is 18.0 Å². The van der Waals surface area contributed by atoms with E-state index in [1.54, 1.807) is 6.20 Å². The highest BCUT2D eigenvalue weighted by molar-refractivity contribution is 5.23. The van der Waals surface area contributed by atoms with Crippen LogP contribution in [0.5, 0.6) is 5.75 Å². The van der Waals surface area contributed by atoms with E-state index in [1.807, 2.05) is 6.20 Å². The second kappa shape index (κ2) is 5.12. The third-order valence-electron chi connectivity index (χ3n) is 2.65. The maximum Gasteiger partial charge on any atom is 0.138 e. The number of ether oxygens (including phenoxy) is 2. The molecule has 3 heteroatoms. The topological polar surface area (TPSA) is 31.4 Å². The number of aromatic nitrogens is 1. The lowest BCUT2D eigenvalue weighted by Gasteiger charge is -2.23. The molecule has 0 bridgehead atoms. The second-order valence-corrected chi connectivity index (χ2v) is 3.81. The van der Waals surface area contributed by atoms with Crippen molar-refractivity contribution >= 4 is 0 Å². The van der Waals surface area contributed by atoms with E-state index < -0.39 is 0 Å². The summed E-state index contributed by atoms with van der Waals surface area (Å²) in [5.74, 6) is 0.890. The maximum atomic E-state index is 5.86. The van der Waals surface area contributed by atoms with Gasteiger partial charge in [-0.15, -0.1) is 0 Å². The number of pyridine rings is 1. The van der Waals surface area contributed by atoms with Crippen molar-refractivity contribution in [1.82, 2.24) is 4.98 Å². The molecule has 82 valence electrons. The molecule has 0 spiro atoms. The van der Waals surface area contributed by atoms with Gasteiger partial charge in [-0.2, -0.15) is 0 Å². The van der Waals surface area contributed by atoms with Gasteiger partial charge in [-0.25, -0.2) is 0 Å². The van der Waals surface area contributed by atoms with Crippen molar-refractivity contribution in [2.45, 2.75) is 32.3 Å². The summed E-state index contributed by atoms with van der Waals surface area (Å²) >= 11 is 0. The normalized spacial score (nSPS) is 17.7. The molecule has 1 aromatic rings. The highest BCUT2D eigenvalue weighted by Gasteiger charge is 2.15. The molecule has 0 radical (unpaired) electrons. The molecule has 15 heavy (non-hydrogen) atoms. The average Bonchev–Trinajstić information content (AvgIpc) is 2.31. The van der Waals surface area contributed by atoms with Crippen LogP contribution in [0.4, 0.5) is 0 Å². The standard InChI is InChI=1S/C12H17NO2/c1-2-10-7-12(9-13-8-10)15-11-3-5-14-6-4-11/h7-9,11H,2-6H2,1H3. The Kier molecular flexibility index (Phi) is 3.56. The van der Waals surface area contributed by atoms with Crippen LogP contribution in [0.15, 0.2) is 18.5 Å². The van der Waals surface area contributed by atoms with E-state index in [-0.39, 0.29) is 0 Å². The van der Waals surface area contributed by atoms with Crippen LogP contribution >= 0.6 is 0 Å². The van der Waals surface area contributed by atoms with Gasteiger partial charge in [-0.3, -0.25) is 4.98 Å². The third-order valence-corrected chi connectivity index (χ3v) is 2.65. The summed E-state index contributed by atoms with van der Waals surface area (Å²) in [6.45, 7) is 3.74. The first-order chi connectivity index (χ1) is 7.38. The predicted molar refractivity (Wildman–Crippen MR) is 58.1 cm³/mol. The molecule has 0 unspecified atom stereocenters. The monoisotopic (exact) mass is 207 g/mol. The summed E-state index contributed by atoms with van der Waals surface area (Å²) in [4.78, 5) is 4.16. The molecular weight excluding hydrogens is 190 g/mol. The molecule has 2 heterocycles. The molecule has 2 rings (SSSR count). The van der Waals surface area contributed by atoms with Crippen LogP contribution in [-0.2, 0) is 11.2 Å². The van der Waals surface area contributed by atoms with Gasteiger partial charge in [0.15, 0.2) is 0 Å². The van der Waals surface area contributed by atoms with Gasteiger partial charge in [-0.05, 0) is 18.1 Å². The van der Waals surface area contributed by atoms with Gasteiger partial charge in [0.2, 0.25) is 0 Å². The van der Waals surface area contributed by atoms with Crippen LogP contribution in [0.1, 0.15) is 25.3 Å². The molecular formula is C12H17NO2. The van der Waals surface area contributed by atoms with E-state index in [9.17, 15) is 0 Å². The third kappa shape index (κ3) is 2.93. The summed E-state index contributed by atoms with van der Waals surface area (Å²) in [5, 5.41) is 0. The molecule has 0 aromatic carbocycles. The van der Waals surface area contributed by atoms with Crippen molar-refractivity contribution in [3.05, 3.63) is 24.0 Å². The number of rotatable bonds is 3. The Morgan fingerprint density at radius 1 is 1.40 bits per heavy atom. The fourth-order valence-electron chi connectivity index (χ4n) is 1.71. The van der Waals surface area contributed by atoms with Gasteiger partial charge in [0, 0.05) is 19.0 Å². The first-order valence-corrected chi connectivity index (χ1v) is 5.57. The van der Waals surface area contributed by atoms with Crippen molar-refractivity contribution in [1.29, 1.82) is 0 Å². The largest absolute Gasteiger partial charge is 0.489 e. The zero-order valence-corrected chi connectivity index (χ0v) is 9.11.